The second-order valence-corrected chi connectivity index (χ2v) is 2.96. The van der Waals surface area contributed by atoms with Crippen molar-refractivity contribution in [2.45, 2.75) is 6.92 Å². The van der Waals surface area contributed by atoms with Crippen molar-refractivity contribution in [3.63, 3.8) is 0 Å². The predicted octanol–water partition coefficient (Wildman–Crippen LogP) is 1.41. The van der Waals surface area contributed by atoms with Crippen LogP contribution in [0.3, 0.4) is 0 Å². The molecule has 4 nitrogen and oxygen atoms in total. The van der Waals surface area contributed by atoms with Crippen LogP contribution in [0.2, 0.25) is 0 Å². The van der Waals surface area contributed by atoms with E-state index < -0.39 is 0 Å². The first-order chi connectivity index (χ1) is 6.15. The molecule has 4 heteroatoms. The van der Waals surface area contributed by atoms with Gasteiger partial charge >= 0.3 is 0 Å². The zero-order chi connectivity index (χ0) is 9.84. The van der Waals surface area contributed by atoms with E-state index >= 15 is 0 Å². The number of hydrogen-bond acceptors (Lipinski definition) is 4. The smallest absolute Gasteiger partial charge is 0.181 e. The molecule has 0 aliphatic heterocycles. The van der Waals surface area contributed by atoms with Gasteiger partial charge in [0.25, 0.3) is 0 Å². The molecule has 0 saturated heterocycles. The van der Waals surface area contributed by atoms with E-state index in [1.807, 2.05) is 21.0 Å². The van der Waals surface area contributed by atoms with E-state index in [1.165, 1.54) is 0 Å². The summed E-state index contributed by atoms with van der Waals surface area (Å²) in [6.45, 7) is 1.85. The number of nitrogens with zero attached hydrogens (tertiary/aromatic N) is 3. The fraction of sp³-hybridized carbons (Fsp3) is 0.333. The Bertz CT molecular complexity index is 357. The van der Waals surface area contributed by atoms with Crippen molar-refractivity contribution in [2.75, 3.05) is 14.1 Å². The number of hydrogen-bond donors (Lipinski definition) is 0. The Kier molecular flexibility index (Phi) is 2.70. The maximum Gasteiger partial charge on any atom is 0.181 e. The van der Waals surface area contributed by atoms with Crippen LogP contribution in [0.25, 0.3) is 5.57 Å². The van der Waals surface area contributed by atoms with Gasteiger partial charge < -0.3 is 9.42 Å². The molecule has 0 amide bonds. The van der Waals surface area contributed by atoms with E-state index in [0.29, 0.717) is 11.3 Å². The Morgan fingerprint density at radius 3 is 2.77 bits per heavy atom. The molecule has 0 fully saturated rings. The molecule has 0 unspecified atom stereocenters. The average molecular weight is 177 g/mol. The molecule has 0 aliphatic rings. The minimum Gasteiger partial charge on any atom is -0.382 e. The standard InChI is InChI=1S/C9H11N3O/c1-7-5-11-13-9(7)8(4-10)6-12(2)3/h5-6H,1-3H3. The van der Waals surface area contributed by atoms with Gasteiger partial charge in [0.2, 0.25) is 0 Å². The van der Waals surface area contributed by atoms with Crippen LogP contribution in [0.5, 0.6) is 0 Å². The van der Waals surface area contributed by atoms with Gasteiger partial charge in [0.05, 0.1) is 6.20 Å². The van der Waals surface area contributed by atoms with E-state index in [-0.39, 0.29) is 0 Å². The first-order valence-corrected chi connectivity index (χ1v) is 3.85. The molecular formula is C9H11N3O. The Morgan fingerprint density at radius 2 is 2.38 bits per heavy atom. The monoisotopic (exact) mass is 177 g/mol. The zero-order valence-electron chi connectivity index (χ0n) is 7.90. The quantitative estimate of drug-likeness (QED) is 0.641. The maximum absolute atomic E-state index is 8.84. The van der Waals surface area contributed by atoms with E-state index in [4.69, 9.17) is 9.78 Å². The molecule has 1 heterocycles. The van der Waals surface area contributed by atoms with Crippen molar-refractivity contribution in [3.8, 4) is 6.07 Å². The van der Waals surface area contributed by atoms with Gasteiger partial charge in [-0.05, 0) is 6.92 Å². The highest BCUT2D eigenvalue weighted by molar-refractivity contribution is 5.74. The first-order valence-electron chi connectivity index (χ1n) is 3.85. The van der Waals surface area contributed by atoms with Gasteiger partial charge in [-0.25, -0.2) is 0 Å². The summed E-state index contributed by atoms with van der Waals surface area (Å²) in [7, 11) is 3.70. The van der Waals surface area contributed by atoms with Crippen molar-refractivity contribution < 1.29 is 4.52 Å². The lowest BCUT2D eigenvalue weighted by molar-refractivity contribution is 0.409. The third-order valence-electron chi connectivity index (χ3n) is 1.50. The normalized spacial score (nSPS) is 11.1. The van der Waals surface area contributed by atoms with Gasteiger partial charge in [0, 0.05) is 25.9 Å². The summed E-state index contributed by atoms with van der Waals surface area (Å²) in [5, 5.41) is 12.5. The van der Waals surface area contributed by atoms with Crippen LogP contribution in [0, 0.1) is 18.3 Å². The fourth-order valence-electron chi connectivity index (χ4n) is 0.947. The van der Waals surface area contributed by atoms with Gasteiger partial charge in [-0.1, -0.05) is 5.16 Å². The summed E-state index contributed by atoms with van der Waals surface area (Å²) in [4.78, 5) is 1.79. The van der Waals surface area contributed by atoms with Crippen LogP contribution < -0.4 is 0 Å². The number of allylic oxidation sites excluding steroid dienone is 1. The molecule has 0 saturated carbocycles. The Hall–Kier alpha value is -1.76. The molecule has 1 aromatic heterocycles. The average Bonchev–Trinajstić information content (AvgIpc) is 2.47. The molecule has 13 heavy (non-hydrogen) atoms. The number of aryl methyl sites for hydroxylation is 1. The zero-order valence-corrected chi connectivity index (χ0v) is 7.90. The summed E-state index contributed by atoms with van der Waals surface area (Å²) < 4.78 is 4.95. The van der Waals surface area contributed by atoms with Crippen LogP contribution in [0.1, 0.15) is 11.3 Å². The number of rotatable bonds is 2. The number of nitriles is 1. The Morgan fingerprint density at radius 1 is 1.69 bits per heavy atom. The van der Waals surface area contributed by atoms with Gasteiger partial charge in [0.15, 0.2) is 5.76 Å². The topological polar surface area (TPSA) is 53.1 Å². The molecule has 0 atom stereocenters. The summed E-state index contributed by atoms with van der Waals surface area (Å²) in [6, 6.07) is 2.06. The lowest BCUT2D eigenvalue weighted by Crippen LogP contribution is -2.02. The van der Waals surface area contributed by atoms with E-state index in [0.717, 1.165) is 5.56 Å². The van der Waals surface area contributed by atoms with Crippen molar-refractivity contribution in [1.29, 1.82) is 5.26 Å². The Labute approximate surface area is 77.0 Å². The fourth-order valence-corrected chi connectivity index (χ4v) is 0.947. The SMILES string of the molecule is Cc1cnoc1C(C#N)=CN(C)C. The highest BCUT2D eigenvalue weighted by Gasteiger charge is 2.09. The maximum atomic E-state index is 8.84. The van der Waals surface area contributed by atoms with Gasteiger partial charge in [-0.15, -0.1) is 0 Å². The van der Waals surface area contributed by atoms with Crippen molar-refractivity contribution in [3.05, 3.63) is 23.7 Å². The van der Waals surface area contributed by atoms with Crippen molar-refractivity contribution in [2.24, 2.45) is 0 Å². The predicted molar refractivity (Wildman–Crippen MR) is 48.5 cm³/mol. The van der Waals surface area contributed by atoms with Crippen LogP contribution in [-0.4, -0.2) is 24.2 Å². The molecule has 0 spiro atoms. The minimum atomic E-state index is 0.486. The van der Waals surface area contributed by atoms with Crippen molar-refractivity contribution in [1.82, 2.24) is 10.1 Å². The second-order valence-electron chi connectivity index (χ2n) is 2.96. The second kappa shape index (κ2) is 3.76. The van der Waals surface area contributed by atoms with Gasteiger partial charge in [-0.3, -0.25) is 0 Å². The Balaban J connectivity index is 3.07. The lowest BCUT2D eigenvalue weighted by Gasteiger charge is -2.04. The van der Waals surface area contributed by atoms with E-state index in [2.05, 4.69) is 11.2 Å². The van der Waals surface area contributed by atoms with Gasteiger partial charge in [0.1, 0.15) is 11.6 Å². The molecule has 1 aromatic rings. The van der Waals surface area contributed by atoms with Crippen LogP contribution in [0.15, 0.2) is 16.9 Å². The van der Waals surface area contributed by atoms with Crippen LogP contribution >= 0.6 is 0 Å². The summed E-state index contributed by atoms with van der Waals surface area (Å²) in [6.07, 6.45) is 3.30. The minimum absolute atomic E-state index is 0.486. The molecule has 0 aliphatic carbocycles. The summed E-state index contributed by atoms with van der Waals surface area (Å²) >= 11 is 0. The largest absolute Gasteiger partial charge is 0.382 e. The highest BCUT2D eigenvalue weighted by Crippen LogP contribution is 2.17. The van der Waals surface area contributed by atoms with Crippen LogP contribution in [0.4, 0.5) is 0 Å². The van der Waals surface area contributed by atoms with E-state index in [9.17, 15) is 0 Å². The van der Waals surface area contributed by atoms with Gasteiger partial charge in [-0.2, -0.15) is 5.26 Å². The third kappa shape index (κ3) is 2.09. The summed E-state index contributed by atoms with van der Waals surface area (Å²) in [5.41, 5.74) is 1.36. The summed E-state index contributed by atoms with van der Waals surface area (Å²) in [5.74, 6) is 0.538. The van der Waals surface area contributed by atoms with Crippen LogP contribution in [-0.2, 0) is 0 Å². The van der Waals surface area contributed by atoms with E-state index in [1.54, 1.807) is 17.3 Å². The first kappa shape index (κ1) is 9.33. The molecular weight excluding hydrogens is 166 g/mol. The van der Waals surface area contributed by atoms with Crippen molar-refractivity contribution >= 4 is 5.57 Å². The lowest BCUT2D eigenvalue weighted by atomic mass is 10.2. The molecule has 0 aromatic carbocycles. The third-order valence-corrected chi connectivity index (χ3v) is 1.50. The molecule has 1 rings (SSSR count). The molecule has 0 N–H and O–H groups in total. The highest BCUT2D eigenvalue weighted by atomic mass is 16.5. The molecule has 0 bridgehead atoms. The number of aromatic nitrogens is 1. The molecule has 0 radical (unpaired) electrons. The molecule has 68 valence electrons.